The molecule has 0 amide bonds. The fourth-order valence-corrected chi connectivity index (χ4v) is 1.87. The highest BCUT2D eigenvalue weighted by molar-refractivity contribution is 14.0. The molecule has 1 aromatic rings. The average molecular weight is 415 g/mol. The highest BCUT2D eigenvalue weighted by atomic mass is 127. The topological polar surface area (TPSA) is 70.6 Å². The van der Waals surface area contributed by atoms with Gasteiger partial charge in [0.2, 0.25) is 0 Å². The molecule has 20 heavy (non-hydrogen) atoms. The first-order chi connectivity index (χ1) is 8.92. The Morgan fingerprint density at radius 1 is 1.30 bits per heavy atom. The van der Waals surface area contributed by atoms with Crippen molar-refractivity contribution in [2.75, 3.05) is 25.6 Å². The molecule has 0 atom stereocenters. The summed E-state index contributed by atoms with van der Waals surface area (Å²) in [5.74, 6) is 0.168. The van der Waals surface area contributed by atoms with Gasteiger partial charge in [0, 0.05) is 32.0 Å². The van der Waals surface area contributed by atoms with Crippen LogP contribution in [0, 0.1) is 5.82 Å². The van der Waals surface area contributed by atoms with E-state index in [9.17, 15) is 12.8 Å². The van der Waals surface area contributed by atoms with E-state index in [2.05, 4.69) is 15.6 Å². The molecule has 1 rings (SSSR count). The maximum absolute atomic E-state index is 13.4. The van der Waals surface area contributed by atoms with Gasteiger partial charge < -0.3 is 10.6 Å². The van der Waals surface area contributed by atoms with E-state index in [0.29, 0.717) is 11.5 Å². The first kappa shape index (κ1) is 19.1. The number of nitrogens with one attached hydrogen (secondary N) is 2. The molecule has 0 radical (unpaired) electrons. The van der Waals surface area contributed by atoms with Gasteiger partial charge in [-0.05, 0) is 6.07 Å². The van der Waals surface area contributed by atoms with E-state index in [1.807, 2.05) is 0 Å². The van der Waals surface area contributed by atoms with Crippen LogP contribution in [0.2, 0.25) is 0 Å². The Kier molecular flexibility index (Phi) is 8.70. The van der Waals surface area contributed by atoms with Crippen LogP contribution in [-0.2, 0) is 16.4 Å². The van der Waals surface area contributed by atoms with Crippen LogP contribution in [0.3, 0.4) is 0 Å². The third-order valence-electron chi connectivity index (χ3n) is 2.39. The molecule has 0 heterocycles. The highest BCUT2D eigenvalue weighted by Gasteiger charge is 2.04. The molecule has 0 bridgehead atoms. The molecule has 0 saturated carbocycles. The van der Waals surface area contributed by atoms with Crippen LogP contribution < -0.4 is 10.6 Å². The zero-order valence-electron chi connectivity index (χ0n) is 11.4. The number of benzene rings is 1. The summed E-state index contributed by atoms with van der Waals surface area (Å²) >= 11 is 0. The fourth-order valence-electron chi connectivity index (χ4n) is 1.40. The van der Waals surface area contributed by atoms with Crippen molar-refractivity contribution in [2.45, 2.75) is 6.54 Å². The number of sulfone groups is 1. The summed E-state index contributed by atoms with van der Waals surface area (Å²) in [4.78, 5) is 3.93. The van der Waals surface area contributed by atoms with Crippen LogP contribution in [0.1, 0.15) is 5.56 Å². The van der Waals surface area contributed by atoms with Gasteiger partial charge in [0.1, 0.15) is 15.7 Å². The monoisotopic (exact) mass is 415 g/mol. The Morgan fingerprint density at radius 3 is 2.50 bits per heavy atom. The lowest BCUT2D eigenvalue weighted by Crippen LogP contribution is -2.39. The van der Waals surface area contributed by atoms with Crippen molar-refractivity contribution >= 4 is 39.8 Å². The van der Waals surface area contributed by atoms with Crippen molar-refractivity contribution in [3.63, 3.8) is 0 Å². The summed E-state index contributed by atoms with van der Waals surface area (Å²) in [6, 6.07) is 6.43. The number of hydrogen-bond acceptors (Lipinski definition) is 3. The molecule has 0 aliphatic carbocycles. The van der Waals surface area contributed by atoms with E-state index < -0.39 is 9.84 Å². The van der Waals surface area contributed by atoms with Gasteiger partial charge in [-0.3, -0.25) is 4.99 Å². The summed E-state index contributed by atoms with van der Waals surface area (Å²) in [5.41, 5.74) is 0.522. The minimum Gasteiger partial charge on any atom is -0.355 e. The summed E-state index contributed by atoms with van der Waals surface area (Å²) in [7, 11) is -1.44. The van der Waals surface area contributed by atoms with Gasteiger partial charge in [-0.1, -0.05) is 18.2 Å². The standard InChI is InChI=1S/C12H18FN3O2S.HI/c1-14-12(15-7-8-19(2,17)18)16-9-10-5-3-4-6-11(10)13;/h3-6H,7-9H2,1-2H3,(H2,14,15,16);1H. The summed E-state index contributed by atoms with van der Waals surface area (Å²) in [6.07, 6.45) is 1.17. The number of guanidine groups is 1. The normalized spacial score (nSPS) is 11.7. The number of rotatable bonds is 5. The van der Waals surface area contributed by atoms with Crippen LogP contribution in [0.5, 0.6) is 0 Å². The smallest absolute Gasteiger partial charge is 0.191 e. The molecule has 0 aliphatic rings. The molecule has 0 fully saturated rings. The summed E-state index contributed by atoms with van der Waals surface area (Å²) in [5, 5.41) is 5.77. The van der Waals surface area contributed by atoms with Gasteiger partial charge in [0.25, 0.3) is 0 Å². The lowest BCUT2D eigenvalue weighted by atomic mass is 10.2. The number of hydrogen-bond donors (Lipinski definition) is 2. The second-order valence-electron chi connectivity index (χ2n) is 4.07. The number of aliphatic imine (C=N–C) groups is 1. The average Bonchev–Trinajstić information content (AvgIpc) is 2.34. The van der Waals surface area contributed by atoms with Crippen molar-refractivity contribution in [3.05, 3.63) is 35.6 Å². The third kappa shape index (κ3) is 7.63. The third-order valence-corrected chi connectivity index (χ3v) is 3.34. The van der Waals surface area contributed by atoms with Crippen LogP contribution >= 0.6 is 24.0 Å². The van der Waals surface area contributed by atoms with Gasteiger partial charge >= 0.3 is 0 Å². The predicted octanol–water partition coefficient (Wildman–Crippen LogP) is 1.15. The molecule has 0 aromatic heterocycles. The lowest BCUT2D eigenvalue weighted by molar-refractivity contribution is 0.600. The van der Waals surface area contributed by atoms with Crippen LogP contribution in [0.25, 0.3) is 0 Å². The van der Waals surface area contributed by atoms with Crippen LogP contribution in [0.15, 0.2) is 29.3 Å². The quantitative estimate of drug-likeness (QED) is 0.430. The molecule has 0 aliphatic heterocycles. The van der Waals surface area contributed by atoms with Gasteiger partial charge in [-0.2, -0.15) is 0 Å². The summed E-state index contributed by atoms with van der Waals surface area (Å²) in [6.45, 7) is 0.543. The second-order valence-corrected chi connectivity index (χ2v) is 6.33. The molecule has 0 saturated heterocycles. The van der Waals surface area contributed by atoms with E-state index in [1.54, 1.807) is 25.2 Å². The van der Waals surface area contributed by atoms with Crippen molar-refractivity contribution in [1.82, 2.24) is 10.6 Å². The van der Waals surface area contributed by atoms with Gasteiger partial charge in [-0.25, -0.2) is 12.8 Å². The molecule has 0 unspecified atom stereocenters. The molecule has 2 N–H and O–H groups in total. The molecule has 0 spiro atoms. The zero-order chi connectivity index (χ0) is 14.3. The Labute approximate surface area is 136 Å². The Bertz CT molecular complexity index is 549. The largest absolute Gasteiger partial charge is 0.355 e. The second kappa shape index (κ2) is 9.11. The Balaban J connectivity index is 0.00000361. The molecule has 5 nitrogen and oxygen atoms in total. The van der Waals surface area contributed by atoms with Gasteiger partial charge in [0.15, 0.2) is 5.96 Å². The molecule has 8 heteroatoms. The Hall–Kier alpha value is -0.900. The number of halogens is 2. The van der Waals surface area contributed by atoms with Crippen LogP contribution in [0.4, 0.5) is 4.39 Å². The fraction of sp³-hybridized carbons (Fsp3) is 0.417. The lowest BCUT2D eigenvalue weighted by Gasteiger charge is -2.11. The van der Waals surface area contributed by atoms with E-state index in [0.717, 1.165) is 0 Å². The van der Waals surface area contributed by atoms with E-state index >= 15 is 0 Å². The number of nitrogens with zero attached hydrogens (tertiary/aromatic N) is 1. The SMILES string of the molecule is CN=C(NCCS(C)(=O)=O)NCc1ccccc1F.I. The maximum atomic E-state index is 13.4. The van der Waals surface area contributed by atoms with E-state index in [4.69, 9.17) is 0 Å². The summed E-state index contributed by atoms with van der Waals surface area (Å²) < 4.78 is 35.3. The van der Waals surface area contributed by atoms with Crippen molar-refractivity contribution < 1.29 is 12.8 Å². The van der Waals surface area contributed by atoms with E-state index in [-0.39, 0.29) is 48.6 Å². The Morgan fingerprint density at radius 2 is 1.95 bits per heavy atom. The predicted molar refractivity (Wildman–Crippen MR) is 89.7 cm³/mol. The highest BCUT2D eigenvalue weighted by Crippen LogP contribution is 2.05. The van der Waals surface area contributed by atoms with Crippen molar-refractivity contribution in [1.29, 1.82) is 0 Å². The molecular weight excluding hydrogens is 396 g/mol. The minimum atomic E-state index is -3.01. The first-order valence-electron chi connectivity index (χ1n) is 5.78. The first-order valence-corrected chi connectivity index (χ1v) is 7.84. The van der Waals surface area contributed by atoms with E-state index in [1.165, 1.54) is 12.3 Å². The van der Waals surface area contributed by atoms with Crippen LogP contribution in [-0.4, -0.2) is 40.0 Å². The van der Waals surface area contributed by atoms with Crippen molar-refractivity contribution in [2.24, 2.45) is 4.99 Å². The molecule has 114 valence electrons. The van der Waals surface area contributed by atoms with Gasteiger partial charge in [-0.15, -0.1) is 24.0 Å². The van der Waals surface area contributed by atoms with Gasteiger partial charge in [0.05, 0.1) is 5.75 Å². The minimum absolute atomic E-state index is 0. The maximum Gasteiger partial charge on any atom is 0.191 e. The zero-order valence-corrected chi connectivity index (χ0v) is 14.5. The molecule has 1 aromatic carbocycles. The van der Waals surface area contributed by atoms with Crippen molar-refractivity contribution in [3.8, 4) is 0 Å². The molecular formula is C12H19FIN3O2S.